The van der Waals surface area contributed by atoms with E-state index in [1.807, 2.05) is 6.07 Å². The molecule has 20 heavy (non-hydrogen) atoms. The molecular formula is C16H24N2O2. The Morgan fingerprint density at radius 1 is 1.15 bits per heavy atom. The number of hydrogen-bond acceptors (Lipinski definition) is 4. The molecule has 110 valence electrons. The van der Waals surface area contributed by atoms with Crippen LogP contribution in [0.3, 0.4) is 0 Å². The Morgan fingerprint density at radius 3 is 2.80 bits per heavy atom. The number of anilines is 1. The lowest BCUT2D eigenvalue weighted by molar-refractivity contribution is 0.170. The SMILES string of the molecule is CCC1CN(CC)CCN1c1cccc2c1OCCO2. The summed E-state index contributed by atoms with van der Waals surface area (Å²) in [5, 5.41) is 0. The highest BCUT2D eigenvalue weighted by molar-refractivity contribution is 5.66. The lowest BCUT2D eigenvalue weighted by Crippen LogP contribution is -2.53. The van der Waals surface area contributed by atoms with Crippen molar-refractivity contribution in [3.05, 3.63) is 18.2 Å². The van der Waals surface area contributed by atoms with Crippen molar-refractivity contribution in [1.82, 2.24) is 4.90 Å². The molecular weight excluding hydrogens is 252 g/mol. The molecule has 1 aromatic rings. The summed E-state index contributed by atoms with van der Waals surface area (Å²) in [6.45, 7) is 10.3. The molecule has 1 atom stereocenters. The van der Waals surface area contributed by atoms with Gasteiger partial charge in [-0.1, -0.05) is 19.9 Å². The summed E-state index contributed by atoms with van der Waals surface area (Å²) >= 11 is 0. The van der Waals surface area contributed by atoms with Gasteiger partial charge in [-0.15, -0.1) is 0 Å². The van der Waals surface area contributed by atoms with Gasteiger partial charge < -0.3 is 14.4 Å². The molecule has 0 radical (unpaired) electrons. The van der Waals surface area contributed by atoms with Gasteiger partial charge in [-0.2, -0.15) is 0 Å². The van der Waals surface area contributed by atoms with Crippen molar-refractivity contribution in [2.45, 2.75) is 26.3 Å². The Morgan fingerprint density at radius 2 is 2.00 bits per heavy atom. The average Bonchev–Trinajstić information content (AvgIpc) is 2.53. The first-order valence-electron chi connectivity index (χ1n) is 7.71. The molecule has 1 fully saturated rings. The summed E-state index contributed by atoms with van der Waals surface area (Å²) in [6, 6.07) is 6.79. The maximum absolute atomic E-state index is 5.87. The van der Waals surface area contributed by atoms with Crippen molar-refractivity contribution in [1.29, 1.82) is 0 Å². The Kier molecular flexibility index (Phi) is 4.01. The zero-order chi connectivity index (χ0) is 13.9. The van der Waals surface area contributed by atoms with Gasteiger partial charge in [0.1, 0.15) is 13.2 Å². The summed E-state index contributed by atoms with van der Waals surface area (Å²) < 4.78 is 11.6. The molecule has 4 heteroatoms. The van der Waals surface area contributed by atoms with Gasteiger partial charge in [0.15, 0.2) is 11.5 Å². The number of ether oxygens (including phenoxy) is 2. The van der Waals surface area contributed by atoms with Crippen LogP contribution in [0.4, 0.5) is 5.69 Å². The van der Waals surface area contributed by atoms with E-state index in [-0.39, 0.29) is 0 Å². The molecule has 1 saturated heterocycles. The molecule has 3 rings (SSSR count). The number of hydrogen-bond donors (Lipinski definition) is 0. The molecule has 2 aliphatic rings. The van der Waals surface area contributed by atoms with Gasteiger partial charge in [0, 0.05) is 25.7 Å². The minimum Gasteiger partial charge on any atom is -0.486 e. The van der Waals surface area contributed by atoms with E-state index in [2.05, 4.69) is 35.8 Å². The first-order valence-corrected chi connectivity index (χ1v) is 7.71. The summed E-state index contributed by atoms with van der Waals surface area (Å²) in [5.74, 6) is 1.82. The average molecular weight is 276 g/mol. The maximum Gasteiger partial charge on any atom is 0.184 e. The molecule has 0 amide bonds. The maximum atomic E-state index is 5.87. The van der Waals surface area contributed by atoms with Crippen LogP contribution in [0.15, 0.2) is 18.2 Å². The first-order chi connectivity index (χ1) is 9.83. The fourth-order valence-corrected chi connectivity index (χ4v) is 3.16. The van der Waals surface area contributed by atoms with Gasteiger partial charge in [-0.25, -0.2) is 0 Å². The number of fused-ring (bicyclic) bond motifs is 1. The van der Waals surface area contributed by atoms with Crippen LogP contribution in [-0.2, 0) is 0 Å². The predicted octanol–water partition coefficient (Wildman–Crippen LogP) is 2.38. The van der Waals surface area contributed by atoms with Gasteiger partial charge >= 0.3 is 0 Å². The lowest BCUT2D eigenvalue weighted by Gasteiger charge is -2.43. The Labute approximate surface area is 121 Å². The van der Waals surface area contributed by atoms with E-state index < -0.39 is 0 Å². The fourth-order valence-electron chi connectivity index (χ4n) is 3.16. The van der Waals surface area contributed by atoms with Gasteiger partial charge in [-0.05, 0) is 25.1 Å². The smallest absolute Gasteiger partial charge is 0.184 e. The zero-order valence-corrected chi connectivity index (χ0v) is 12.5. The number of rotatable bonds is 3. The highest BCUT2D eigenvalue weighted by Gasteiger charge is 2.28. The van der Waals surface area contributed by atoms with Gasteiger partial charge in [0.2, 0.25) is 0 Å². The Bertz CT molecular complexity index is 464. The van der Waals surface area contributed by atoms with Crippen molar-refractivity contribution < 1.29 is 9.47 Å². The molecule has 0 aliphatic carbocycles. The van der Waals surface area contributed by atoms with Crippen LogP contribution in [0, 0.1) is 0 Å². The largest absolute Gasteiger partial charge is 0.486 e. The van der Waals surface area contributed by atoms with Crippen LogP contribution in [0.25, 0.3) is 0 Å². The topological polar surface area (TPSA) is 24.9 Å². The third kappa shape index (κ3) is 2.44. The van der Waals surface area contributed by atoms with Crippen molar-refractivity contribution in [3.8, 4) is 11.5 Å². The molecule has 0 bridgehead atoms. The Hall–Kier alpha value is -1.42. The molecule has 4 nitrogen and oxygen atoms in total. The molecule has 0 saturated carbocycles. The van der Waals surface area contributed by atoms with E-state index in [0.29, 0.717) is 19.3 Å². The number of likely N-dealkylation sites (N-methyl/N-ethyl adjacent to an activating group) is 1. The molecule has 0 N–H and O–H groups in total. The summed E-state index contributed by atoms with van der Waals surface area (Å²) in [4.78, 5) is 5.02. The lowest BCUT2D eigenvalue weighted by atomic mass is 10.1. The van der Waals surface area contributed by atoms with Crippen LogP contribution in [0.1, 0.15) is 20.3 Å². The van der Waals surface area contributed by atoms with E-state index in [1.54, 1.807) is 0 Å². The number of piperazine rings is 1. The summed E-state index contributed by atoms with van der Waals surface area (Å²) in [5.41, 5.74) is 1.20. The van der Waals surface area contributed by atoms with Crippen molar-refractivity contribution in [2.24, 2.45) is 0 Å². The normalized spacial score (nSPS) is 22.9. The molecule has 1 unspecified atom stereocenters. The van der Waals surface area contributed by atoms with Crippen LogP contribution in [0.2, 0.25) is 0 Å². The standard InChI is InChI=1S/C16H24N2O2/c1-3-13-12-17(4-2)8-9-18(13)14-6-5-7-15-16(14)20-11-10-19-15/h5-7,13H,3-4,8-12H2,1-2H3. The van der Waals surface area contributed by atoms with Gasteiger partial charge in [0.25, 0.3) is 0 Å². The number of benzene rings is 1. The van der Waals surface area contributed by atoms with E-state index >= 15 is 0 Å². The first kappa shape index (κ1) is 13.6. The van der Waals surface area contributed by atoms with Crippen LogP contribution >= 0.6 is 0 Å². The fraction of sp³-hybridized carbons (Fsp3) is 0.625. The predicted molar refractivity (Wildman–Crippen MR) is 81.0 cm³/mol. The zero-order valence-electron chi connectivity index (χ0n) is 12.5. The Balaban J connectivity index is 1.88. The molecule has 1 aromatic carbocycles. The number of nitrogens with zero attached hydrogens (tertiary/aromatic N) is 2. The highest BCUT2D eigenvalue weighted by atomic mass is 16.6. The third-order valence-corrected chi connectivity index (χ3v) is 4.34. The minimum absolute atomic E-state index is 0.556. The van der Waals surface area contributed by atoms with Crippen LogP contribution in [0.5, 0.6) is 11.5 Å². The second kappa shape index (κ2) is 5.92. The summed E-state index contributed by atoms with van der Waals surface area (Å²) in [6.07, 6.45) is 1.15. The van der Waals surface area contributed by atoms with E-state index in [0.717, 1.165) is 44.1 Å². The number of para-hydroxylation sites is 1. The molecule has 0 aromatic heterocycles. The van der Waals surface area contributed by atoms with Crippen LogP contribution in [-0.4, -0.2) is 50.3 Å². The van der Waals surface area contributed by atoms with Gasteiger partial charge in [0.05, 0.1) is 5.69 Å². The second-order valence-electron chi connectivity index (χ2n) is 5.45. The van der Waals surface area contributed by atoms with Gasteiger partial charge in [-0.3, -0.25) is 4.90 Å². The highest BCUT2D eigenvalue weighted by Crippen LogP contribution is 2.40. The third-order valence-electron chi connectivity index (χ3n) is 4.34. The monoisotopic (exact) mass is 276 g/mol. The van der Waals surface area contributed by atoms with Crippen molar-refractivity contribution in [3.63, 3.8) is 0 Å². The van der Waals surface area contributed by atoms with E-state index in [4.69, 9.17) is 9.47 Å². The van der Waals surface area contributed by atoms with E-state index in [1.165, 1.54) is 5.69 Å². The minimum atomic E-state index is 0.556. The second-order valence-corrected chi connectivity index (χ2v) is 5.45. The van der Waals surface area contributed by atoms with Crippen molar-refractivity contribution in [2.75, 3.05) is 44.3 Å². The van der Waals surface area contributed by atoms with E-state index in [9.17, 15) is 0 Å². The summed E-state index contributed by atoms with van der Waals surface area (Å²) in [7, 11) is 0. The molecule has 2 aliphatic heterocycles. The quantitative estimate of drug-likeness (QED) is 0.846. The molecule has 0 spiro atoms. The molecule has 2 heterocycles. The van der Waals surface area contributed by atoms with Crippen molar-refractivity contribution >= 4 is 5.69 Å². The van der Waals surface area contributed by atoms with Crippen LogP contribution < -0.4 is 14.4 Å².